The van der Waals surface area contributed by atoms with Crippen molar-refractivity contribution in [2.24, 2.45) is 5.92 Å². The molecule has 1 N–H and O–H groups in total. The molecule has 0 spiro atoms. The summed E-state index contributed by atoms with van der Waals surface area (Å²) in [5, 5.41) is 3.46. The van der Waals surface area contributed by atoms with Gasteiger partial charge in [-0.25, -0.2) is 0 Å². The van der Waals surface area contributed by atoms with Gasteiger partial charge in [-0.3, -0.25) is 0 Å². The zero-order valence-corrected chi connectivity index (χ0v) is 12.2. The smallest absolute Gasteiger partial charge is 0.0175 e. The average Bonchev–Trinajstić information content (AvgIpc) is 2.57. The first-order valence-corrected chi connectivity index (χ1v) is 7.49. The summed E-state index contributed by atoms with van der Waals surface area (Å²) >= 11 is 3.49. The molecule has 1 aliphatic rings. The van der Waals surface area contributed by atoms with Crippen LogP contribution in [0.5, 0.6) is 0 Å². The van der Waals surface area contributed by atoms with Crippen LogP contribution in [-0.4, -0.2) is 13.1 Å². The van der Waals surface area contributed by atoms with E-state index in [1.54, 1.807) is 0 Å². The van der Waals surface area contributed by atoms with E-state index in [0.717, 1.165) is 12.0 Å². The molecule has 0 amide bonds. The standard InChI is InChI=1S/C15H22BrN/c1-17-15-5-3-2-4-13(11-15)10-12-6-8-14(16)9-7-12/h6-9,13,15,17H,2-5,10-11H2,1H3. The molecule has 0 aromatic heterocycles. The van der Waals surface area contributed by atoms with Gasteiger partial charge in [-0.15, -0.1) is 0 Å². The Balaban J connectivity index is 1.94. The number of hydrogen-bond acceptors (Lipinski definition) is 1. The third-order valence-electron chi connectivity index (χ3n) is 3.88. The Morgan fingerprint density at radius 3 is 2.59 bits per heavy atom. The lowest BCUT2D eigenvalue weighted by molar-refractivity contribution is 0.400. The molecule has 1 aromatic rings. The predicted octanol–water partition coefficient (Wildman–Crippen LogP) is 4.16. The lowest BCUT2D eigenvalue weighted by Gasteiger charge is -2.19. The third-order valence-corrected chi connectivity index (χ3v) is 4.41. The Morgan fingerprint density at radius 2 is 1.88 bits per heavy atom. The summed E-state index contributed by atoms with van der Waals surface area (Å²) < 4.78 is 1.18. The van der Waals surface area contributed by atoms with Crippen LogP contribution >= 0.6 is 15.9 Å². The molecule has 1 aromatic carbocycles. The van der Waals surface area contributed by atoms with Gasteiger partial charge in [-0.2, -0.15) is 0 Å². The van der Waals surface area contributed by atoms with Crippen molar-refractivity contribution in [3.8, 4) is 0 Å². The minimum Gasteiger partial charge on any atom is -0.317 e. The van der Waals surface area contributed by atoms with Crippen molar-refractivity contribution in [2.75, 3.05) is 7.05 Å². The van der Waals surface area contributed by atoms with E-state index in [-0.39, 0.29) is 0 Å². The molecule has 1 fully saturated rings. The van der Waals surface area contributed by atoms with Crippen LogP contribution in [-0.2, 0) is 6.42 Å². The van der Waals surface area contributed by atoms with Gasteiger partial charge < -0.3 is 5.32 Å². The van der Waals surface area contributed by atoms with Gasteiger partial charge in [0.05, 0.1) is 0 Å². The molecule has 0 saturated heterocycles. The van der Waals surface area contributed by atoms with E-state index < -0.39 is 0 Å². The zero-order valence-electron chi connectivity index (χ0n) is 10.6. The van der Waals surface area contributed by atoms with Gasteiger partial charge in [0.25, 0.3) is 0 Å². The van der Waals surface area contributed by atoms with E-state index in [1.165, 1.54) is 48.6 Å². The number of nitrogens with one attached hydrogen (secondary N) is 1. The van der Waals surface area contributed by atoms with Crippen molar-refractivity contribution in [2.45, 2.75) is 44.6 Å². The number of benzene rings is 1. The molecular formula is C15H22BrN. The number of halogens is 1. The second kappa shape index (κ2) is 6.55. The molecule has 2 rings (SSSR count). The highest BCUT2D eigenvalue weighted by Gasteiger charge is 2.19. The first-order valence-electron chi connectivity index (χ1n) is 6.69. The van der Waals surface area contributed by atoms with Crippen molar-refractivity contribution in [1.82, 2.24) is 5.32 Å². The fourth-order valence-electron chi connectivity index (χ4n) is 2.86. The molecule has 1 saturated carbocycles. The first kappa shape index (κ1) is 13.1. The topological polar surface area (TPSA) is 12.0 Å². The number of rotatable bonds is 3. The molecule has 0 aliphatic heterocycles. The molecule has 0 heterocycles. The van der Waals surface area contributed by atoms with Crippen LogP contribution in [0, 0.1) is 5.92 Å². The van der Waals surface area contributed by atoms with Gasteiger partial charge in [0.2, 0.25) is 0 Å². The normalized spacial score (nSPS) is 25.5. The van der Waals surface area contributed by atoms with Gasteiger partial charge in [0.1, 0.15) is 0 Å². The third kappa shape index (κ3) is 4.11. The maximum Gasteiger partial charge on any atom is 0.0175 e. The Bertz CT molecular complexity index is 333. The van der Waals surface area contributed by atoms with Gasteiger partial charge in [0, 0.05) is 10.5 Å². The number of hydrogen-bond donors (Lipinski definition) is 1. The van der Waals surface area contributed by atoms with Crippen LogP contribution in [0.15, 0.2) is 28.7 Å². The van der Waals surface area contributed by atoms with Crippen molar-refractivity contribution in [3.63, 3.8) is 0 Å². The van der Waals surface area contributed by atoms with E-state index in [4.69, 9.17) is 0 Å². The summed E-state index contributed by atoms with van der Waals surface area (Å²) in [5.74, 6) is 0.858. The highest BCUT2D eigenvalue weighted by atomic mass is 79.9. The highest BCUT2D eigenvalue weighted by molar-refractivity contribution is 9.10. The van der Waals surface area contributed by atoms with Crippen LogP contribution in [0.25, 0.3) is 0 Å². The van der Waals surface area contributed by atoms with Crippen LogP contribution in [0.4, 0.5) is 0 Å². The summed E-state index contributed by atoms with van der Waals surface area (Å²) in [6.07, 6.45) is 8.13. The molecule has 2 atom stereocenters. The van der Waals surface area contributed by atoms with Crippen molar-refractivity contribution in [3.05, 3.63) is 34.3 Å². The molecule has 2 heteroatoms. The summed E-state index contributed by atoms with van der Waals surface area (Å²) in [4.78, 5) is 0. The summed E-state index contributed by atoms with van der Waals surface area (Å²) in [7, 11) is 2.10. The van der Waals surface area contributed by atoms with Gasteiger partial charge >= 0.3 is 0 Å². The Hall–Kier alpha value is -0.340. The zero-order chi connectivity index (χ0) is 12.1. The van der Waals surface area contributed by atoms with E-state index in [2.05, 4.69) is 52.6 Å². The molecule has 1 aliphatic carbocycles. The summed E-state index contributed by atoms with van der Waals surface area (Å²) in [6, 6.07) is 9.55. The highest BCUT2D eigenvalue weighted by Crippen LogP contribution is 2.26. The lowest BCUT2D eigenvalue weighted by Crippen LogP contribution is -2.26. The molecule has 0 radical (unpaired) electrons. The van der Waals surface area contributed by atoms with Crippen molar-refractivity contribution >= 4 is 15.9 Å². The lowest BCUT2D eigenvalue weighted by atomic mass is 9.91. The Morgan fingerprint density at radius 1 is 1.18 bits per heavy atom. The second-order valence-corrected chi connectivity index (χ2v) is 6.12. The van der Waals surface area contributed by atoms with Gasteiger partial charge in [-0.1, -0.05) is 47.3 Å². The summed E-state index contributed by atoms with van der Waals surface area (Å²) in [5.41, 5.74) is 1.48. The Labute approximate surface area is 113 Å². The van der Waals surface area contributed by atoms with E-state index >= 15 is 0 Å². The summed E-state index contributed by atoms with van der Waals surface area (Å²) in [6.45, 7) is 0. The Kier molecular flexibility index (Phi) is 5.05. The van der Waals surface area contributed by atoms with Crippen LogP contribution in [0.1, 0.15) is 37.7 Å². The van der Waals surface area contributed by atoms with E-state index in [9.17, 15) is 0 Å². The van der Waals surface area contributed by atoms with Crippen LogP contribution in [0.2, 0.25) is 0 Å². The molecule has 94 valence electrons. The van der Waals surface area contributed by atoms with Gasteiger partial charge in [-0.05, 0) is 49.9 Å². The SMILES string of the molecule is CNC1CCCCC(Cc2ccc(Br)cc2)C1. The fraction of sp³-hybridized carbons (Fsp3) is 0.600. The van der Waals surface area contributed by atoms with Crippen molar-refractivity contribution in [1.29, 1.82) is 0 Å². The monoisotopic (exact) mass is 295 g/mol. The van der Waals surface area contributed by atoms with E-state index in [0.29, 0.717) is 0 Å². The van der Waals surface area contributed by atoms with Crippen LogP contribution in [0.3, 0.4) is 0 Å². The van der Waals surface area contributed by atoms with E-state index in [1.807, 2.05) is 0 Å². The van der Waals surface area contributed by atoms with Gasteiger partial charge in [0.15, 0.2) is 0 Å². The largest absolute Gasteiger partial charge is 0.317 e. The fourth-order valence-corrected chi connectivity index (χ4v) is 3.13. The maximum absolute atomic E-state index is 3.49. The predicted molar refractivity (Wildman–Crippen MR) is 77.3 cm³/mol. The molecule has 0 bridgehead atoms. The molecule has 1 nitrogen and oxygen atoms in total. The minimum atomic E-state index is 0.734. The van der Waals surface area contributed by atoms with Crippen LogP contribution < -0.4 is 5.32 Å². The molecule has 17 heavy (non-hydrogen) atoms. The molecule has 2 unspecified atom stereocenters. The quantitative estimate of drug-likeness (QED) is 0.826. The first-order chi connectivity index (χ1) is 8.28. The van der Waals surface area contributed by atoms with Crippen molar-refractivity contribution < 1.29 is 0 Å². The molecular weight excluding hydrogens is 274 g/mol. The average molecular weight is 296 g/mol. The second-order valence-electron chi connectivity index (χ2n) is 5.20. The maximum atomic E-state index is 3.49. The minimum absolute atomic E-state index is 0.734.